The molecule has 0 unspecified atom stereocenters. The monoisotopic (exact) mass is 341 g/mol. The molecule has 1 N–H and O–H groups in total. The second kappa shape index (κ2) is 6.09. The molecule has 0 bridgehead atoms. The van der Waals surface area contributed by atoms with Gasteiger partial charge in [0.1, 0.15) is 17.2 Å². The first kappa shape index (κ1) is 16.0. The number of rotatable bonds is 4. The Morgan fingerprint density at radius 2 is 2.12 bits per heavy atom. The third-order valence-corrected chi connectivity index (χ3v) is 4.95. The van der Waals surface area contributed by atoms with Crippen molar-refractivity contribution < 1.29 is 4.52 Å². The molecule has 0 aliphatic carbocycles. The first-order chi connectivity index (χ1) is 12.0. The molecule has 1 saturated heterocycles. The summed E-state index contributed by atoms with van der Waals surface area (Å²) in [6, 6.07) is 0. The molecule has 25 heavy (non-hydrogen) atoms. The number of aryl methyl sites for hydroxylation is 5. The summed E-state index contributed by atoms with van der Waals surface area (Å²) in [7, 11) is 1.97. The predicted octanol–water partition coefficient (Wildman–Crippen LogP) is 0.920. The van der Waals surface area contributed by atoms with Crippen LogP contribution in [0.4, 0.5) is 5.95 Å². The van der Waals surface area contributed by atoms with E-state index in [1.807, 2.05) is 36.3 Å². The Bertz CT molecular complexity index is 870. The van der Waals surface area contributed by atoms with Crippen LogP contribution in [0.1, 0.15) is 36.4 Å². The van der Waals surface area contributed by atoms with Gasteiger partial charge in [-0.05, 0) is 24.2 Å². The minimum absolute atomic E-state index is 0.722. The van der Waals surface area contributed by atoms with Gasteiger partial charge in [0, 0.05) is 39.9 Å². The first-order valence-corrected chi connectivity index (χ1v) is 8.89. The summed E-state index contributed by atoms with van der Waals surface area (Å²) in [4.78, 5) is 16.1. The molecule has 4 heterocycles. The van der Waals surface area contributed by atoms with E-state index in [1.165, 1.54) is 6.42 Å². The fourth-order valence-electron chi connectivity index (χ4n) is 3.40. The van der Waals surface area contributed by atoms with E-state index < -0.39 is 0 Å². The van der Waals surface area contributed by atoms with Crippen LogP contribution in [-0.2, 0) is 19.9 Å². The Labute approximate surface area is 146 Å². The molecule has 0 aromatic carbocycles. The molecule has 1 fully saturated rings. The van der Waals surface area contributed by atoms with Crippen LogP contribution in [0.25, 0.3) is 5.65 Å². The van der Waals surface area contributed by atoms with Crippen molar-refractivity contribution in [3.05, 3.63) is 29.2 Å². The standard InChI is InChI=1S/C17H24N8/c1-11-7-8-24(10-11)17-20-15(23(4)22-17)6-5-14-19-16-13(3)18-9-12(2)25(16)21-14/h9,11H,5-8,10H2,1-4H3/p+1/t11-/m0/s1. The molecule has 0 saturated carbocycles. The van der Waals surface area contributed by atoms with Gasteiger partial charge in [-0.25, -0.2) is 4.98 Å². The summed E-state index contributed by atoms with van der Waals surface area (Å²) in [5.41, 5.74) is 2.86. The Kier molecular flexibility index (Phi) is 3.89. The minimum Gasteiger partial charge on any atom is -0.339 e. The Balaban J connectivity index is 1.51. The Morgan fingerprint density at radius 1 is 1.28 bits per heavy atom. The number of nitrogens with one attached hydrogen (secondary N) is 1. The molecular weight excluding hydrogens is 316 g/mol. The van der Waals surface area contributed by atoms with E-state index in [9.17, 15) is 0 Å². The van der Waals surface area contributed by atoms with Gasteiger partial charge in [-0.15, -0.1) is 9.61 Å². The largest absolute Gasteiger partial charge is 0.370 e. The van der Waals surface area contributed by atoms with E-state index in [0.717, 1.165) is 66.5 Å². The second-order valence-corrected chi connectivity index (χ2v) is 7.11. The summed E-state index contributed by atoms with van der Waals surface area (Å²) in [6.45, 7) is 8.38. The van der Waals surface area contributed by atoms with Crippen LogP contribution >= 0.6 is 0 Å². The van der Waals surface area contributed by atoms with E-state index in [4.69, 9.17) is 4.98 Å². The molecule has 8 nitrogen and oxygen atoms in total. The lowest BCUT2D eigenvalue weighted by atomic mass is 10.2. The summed E-state index contributed by atoms with van der Waals surface area (Å²) in [6.07, 6.45) is 4.68. The van der Waals surface area contributed by atoms with Crippen LogP contribution in [0.2, 0.25) is 0 Å². The maximum atomic E-state index is 4.75. The van der Waals surface area contributed by atoms with Crippen LogP contribution in [0.3, 0.4) is 0 Å². The second-order valence-electron chi connectivity index (χ2n) is 7.11. The Morgan fingerprint density at radius 3 is 2.84 bits per heavy atom. The van der Waals surface area contributed by atoms with Crippen molar-refractivity contribution in [2.75, 3.05) is 18.0 Å². The van der Waals surface area contributed by atoms with Gasteiger partial charge in [-0.2, -0.15) is 10.1 Å². The highest BCUT2D eigenvalue weighted by Gasteiger charge is 2.23. The molecule has 132 valence electrons. The molecule has 3 aromatic rings. The smallest absolute Gasteiger partial charge is 0.339 e. The summed E-state index contributed by atoms with van der Waals surface area (Å²) < 4.78 is 3.89. The molecule has 1 aliphatic rings. The van der Waals surface area contributed by atoms with Crippen LogP contribution in [0.5, 0.6) is 0 Å². The van der Waals surface area contributed by atoms with Crippen LogP contribution in [0.15, 0.2) is 6.20 Å². The maximum absolute atomic E-state index is 4.75. The van der Waals surface area contributed by atoms with Gasteiger partial charge in [-0.1, -0.05) is 6.92 Å². The zero-order chi connectivity index (χ0) is 17.6. The highest BCUT2D eigenvalue weighted by atomic mass is 15.4. The molecule has 1 atom stereocenters. The van der Waals surface area contributed by atoms with Gasteiger partial charge in [0.05, 0.1) is 6.20 Å². The van der Waals surface area contributed by atoms with Gasteiger partial charge in [0.15, 0.2) is 0 Å². The van der Waals surface area contributed by atoms with Gasteiger partial charge in [-0.3, -0.25) is 4.68 Å². The van der Waals surface area contributed by atoms with Crippen molar-refractivity contribution in [1.82, 2.24) is 29.8 Å². The molecule has 4 rings (SSSR count). The van der Waals surface area contributed by atoms with Crippen molar-refractivity contribution >= 4 is 11.6 Å². The number of aromatic amines is 1. The molecule has 0 amide bonds. The van der Waals surface area contributed by atoms with Crippen LogP contribution in [0, 0.1) is 19.8 Å². The zero-order valence-electron chi connectivity index (χ0n) is 15.3. The van der Waals surface area contributed by atoms with E-state index in [0.29, 0.717) is 0 Å². The number of anilines is 1. The number of hydrogen-bond acceptors (Lipinski definition) is 5. The highest BCUT2D eigenvalue weighted by Crippen LogP contribution is 2.20. The highest BCUT2D eigenvalue weighted by molar-refractivity contribution is 5.34. The summed E-state index contributed by atoms with van der Waals surface area (Å²) in [5, 5.41) is 7.96. The lowest BCUT2D eigenvalue weighted by molar-refractivity contribution is -0.585. The number of hydrogen-bond donors (Lipinski definition) is 1. The van der Waals surface area contributed by atoms with Crippen LogP contribution in [-0.4, -0.2) is 42.9 Å². The Hall–Kier alpha value is -2.51. The third kappa shape index (κ3) is 2.96. The topological polar surface area (TPSA) is 79.6 Å². The fraction of sp³-hybridized carbons (Fsp3) is 0.588. The normalized spacial score (nSPS) is 17.8. The van der Waals surface area contributed by atoms with Gasteiger partial charge >= 0.3 is 5.65 Å². The minimum atomic E-state index is 0.722. The van der Waals surface area contributed by atoms with Crippen molar-refractivity contribution in [3.63, 3.8) is 0 Å². The number of H-pyrrole nitrogens is 1. The first-order valence-electron chi connectivity index (χ1n) is 8.89. The zero-order valence-corrected chi connectivity index (χ0v) is 15.3. The molecule has 3 aromatic heterocycles. The quantitative estimate of drug-likeness (QED) is 0.714. The van der Waals surface area contributed by atoms with Crippen molar-refractivity contribution in [3.8, 4) is 0 Å². The number of aromatic nitrogens is 7. The molecule has 0 radical (unpaired) electrons. The predicted molar refractivity (Wildman–Crippen MR) is 93.4 cm³/mol. The number of fused-ring (bicyclic) bond motifs is 1. The average molecular weight is 341 g/mol. The number of nitrogens with zero attached hydrogens (tertiary/aromatic N) is 7. The SMILES string of the molecule is Cc1ncc(C)[n+]2[nH]c(CCc3nc(N4CC[C@H](C)C4)nn3C)nc12. The van der Waals surface area contributed by atoms with E-state index in [2.05, 4.69) is 32.0 Å². The van der Waals surface area contributed by atoms with Crippen LogP contribution < -0.4 is 9.42 Å². The molecule has 8 heteroatoms. The average Bonchev–Trinajstić information content (AvgIpc) is 3.28. The van der Waals surface area contributed by atoms with E-state index in [1.54, 1.807) is 0 Å². The van der Waals surface area contributed by atoms with Gasteiger partial charge in [0.2, 0.25) is 5.95 Å². The summed E-state index contributed by atoms with van der Waals surface area (Å²) in [5.74, 6) is 3.52. The van der Waals surface area contributed by atoms with Gasteiger partial charge < -0.3 is 4.90 Å². The van der Waals surface area contributed by atoms with E-state index >= 15 is 0 Å². The van der Waals surface area contributed by atoms with Gasteiger partial charge in [0.25, 0.3) is 5.82 Å². The van der Waals surface area contributed by atoms with E-state index in [-0.39, 0.29) is 0 Å². The molecular formula is C17H25N8+. The fourth-order valence-corrected chi connectivity index (χ4v) is 3.40. The molecule has 0 spiro atoms. The van der Waals surface area contributed by atoms with Crippen molar-refractivity contribution in [2.24, 2.45) is 13.0 Å². The van der Waals surface area contributed by atoms with Crippen molar-refractivity contribution in [1.29, 1.82) is 0 Å². The lowest BCUT2D eigenvalue weighted by Crippen LogP contribution is -2.28. The van der Waals surface area contributed by atoms with Crippen molar-refractivity contribution in [2.45, 2.75) is 40.0 Å². The summed E-state index contributed by atoms with van der Waals surface area (Å²) >= 11 is 0. The maximum Gasteiger partial charge on any atom is 0.370 e. The lowest BCUT2D eigenvalue weighted by Gasteiger charge is -2.11. The molecule has 1 aliphatic heterocycles. The third-order valence-electron chi connectivity index (χ3n) is 4.95.